The number of nitrogens with zero attached hydrogens (tertiary/aromatic N) is 2. The minimum absolute atomic E-state index is 0.142. The molecule has 1 atom stereocenters. The summed E-state index contributed by atoms with van der Waals surface area (Å²) in [5.74, 6) is -0.148. The van der Waals surface area contributed by atoms with Crippen molar-refractivity contribution in [1.29, 1.82) is 0 Å². The standard InChI is InChI=1S/C15H16N2O3/c1-3-13(18)11-9-12(15(19)20-2)17-14(16-11)10-7-5-4-6-8-10/h4-9,13,18H,3H2,1-2H3. The Morgan fingerprint density at radius 1 is 1.30 bits per heavy atom. The van der Waals surface area contributed by atoms with Crippen LogP contribution in [0, 0.1) is 0 Å². The summed E-state index contributed by atoms with van der Waals surface area (Å²) in [6.45, 7) is 1.84. The third-order valence-electron chi connectivity index (χ3n) is 2.90. The SMILES string of the molecule is CCC(O)c1cc(C(=O)OC)nc(-c2ccccc2)n1. The first kappa shape index (κ1) is 14.1. The van der Waals surface area contributed by atoms with Crippen LogP contribution in [0.3, 0.4) is 0 Å². The Hall–Kier alpha value is -2.27. The van der Waals surface area contributed by atoms with Gasteiger partial charge in [0.05, 0.1) is 18.9 Å². The minimum atomic E-state index is -0.733. The van der Waals surface area contributed by atoms with E-state index in [1.54, 1.807) is 0 Å². The Kier molecular flexibility index (Phi) is 4.42. The Morgan fingerprint density at radius 3 is 2.60 bits per heavy atom. The number of aliphatic hydroxyl groups is 1. The van der Waals surface area contributed by atoms with Crippen molar-refractivity contribution in [1.82, 2.24) is 9.97 Å². The molecule has 0 saturated carbocycles. The number of benzene rings is 1. The Morgan fingerprint density at radius 2 is 2.00 bits per heavy atom. The van der Waals surface area contributed by atoms with E-state index >= 15 is 0 Å². The molecule has 0 aliphatic heterocycles. The summed E-state index contributed by atoms with van der Waals surface area (Å²) in [6.07, 6.45) is -0.227. The second-order valence-corrected chi connectivity index (χ2v) is 4.28. The van der Waals surface area contributed by atoms with Gasteiger partial charge in [0, 0.05) is 5.56 Å². The van der Waals surface area contributed by atoms with Crippen LogP contribution in [0.1, 0.15) is 35.6 Å². The molecular weight excluding hydrogens is 256 g/mol. The molecule has 1 unspecified atom stereocenters. The topological polar surface area (TPSA) is 72.3 Å². The van der Waals surface area contributed by atoms with E-state index in [1.807, 2.05) is 37.3 Å². The molecule has 1 N–H and O–H groups in total. The quantitative estimate of drug-likeness (QED) is 0.865. The lowest BCUT2D eigenvalue weighted by Crippen LogP contribution is -2.10. The van der Waals surface area contributed by atoms with Crippen molar-refractivity contribution in [3.05, 3.63) is 47.8 Å². The molecule has 1 aromatic carbocycles. The van der Waals surface area contributed by atoms with Crippen molar-refractivity contribution in [3.63, 3.8) is 0 Å². The molecule has 0 amide bonds. The van der Waals surface area contributed by atoms with Gasteiger partial charge in [-0.2, -0.15) is 0 Å². The number of methoxy groups -OCH3 is 1. The molecule has 0 spiro atoms. The van der Waals surface area contributed by atoms with E-state index in [1.165, 1.54) is 13.2 Å². The molecule has 104 valence electrons. The van der Waals surface area contributed by atoms with Crippen molar-refractivity contribution in [3.8, 4) is 11.4 Å². The maximum Gasteiger partial charge on any atom is 0.356 e. The van der Waals surface area contributed by atoms with Crippen molar-refractivity contribution in [2.75, 3.05) is 7.11 Å². The smallest absolute Gasteiger partial charge is 0.356 e. The molecule has 2 aromatic rings. The average molecular weight is 272 g/mol. The fourth-order valence-electron chi connectivity index (χ4n) is 1.77. The van der Waals surface area contributed by atoms with Crippen molar-refractivity contribution in [2.45, 2.75) is 19.4 Å². The zero-order valence-electron chi connectivity index (χ0n) is 11.4. The highest BCUT2D eigenvalue weighted by atomic mass is 16.5. The number of hydrogen-bond acceptors (Lipinski definition) is 5. The first-order valence-electron chi connectivity index (χ1n) is 6.36. The molecule has 1 heterocycles. The second-order valence-electron chi connectivity index (χ2n) is 4.28. The highest BCUT2D eigenvalue weighted by molar-refractivity contribution is 5.87. The van der Waals surface area contributed by atoms with Crippen LogP contribution in [0.4, 0.5) is 0 Å². The molecule has 5 nitrogen and oxygen atoms in total. The predicted molar refractivity (Wildman–Crippen MR) is 74.1 cm³/mol. The maximum absolute atomic E-state index is 11.7. The number of aliphatic hydroxyl groups excluding tert-OH is 1. The van der Waals surface area contributed by atoms with Gasteiger partial charge in [0.25, 0.3) is 0 Å². The first-order chi connectivity index (χ1) is 9.65. The lowest BCUT2D eigenvalue weighted by Gasteiger charge is -2.10. The van der Waals surface area contributed by atoms with E-state index in [0.717, 1.165) is 5.56 Å². The highest BCUT2D eigenvalue weighted by Gasteiger charge is 2.16. The summed E-state index contributed by atoms with van der Waals surface area (Å²) in [7, 11) is 1.29. The van der Waals surface area contributed by atoms with Gasteiger partial charge in [0.15, 0.2) is 11.5 Å². The Bertz CT molecular complexity index is 599. The van der Waals surface area contributed by atoms with Crippen LogP contribution in [0.2, 0.25) is 0 Å². The van der Waals surface area contributed by atoms with Crippen molar-refractivity contribution >= 4 is 5.97 Å². The zero-order chi connectivity index (χ0) is 14.5. The van der Waals surface area contributed by atoms with E-state index in [9.17, 15) is 9.90 Å². The summed E-state index contributed by atoms with van der Waals surface area (Å²) < 4.78 is 4.68. The van der Waals surface area contributed by atoms with E-state index in [2.05, 4.69) is 14.7 Å². The maximum atomic E-state index is 11.7. The van der Waals surface area contributed by atoms with Crippen LogP contribution in [0.15, 0.2) is 36.4 Å². The van der Waals surface area contributed by atoms with Gasteiger partial charge in [-0.25, -0.2) is 14.8 Å². The van der Waals surface area contributed by atoms with Crippen LogP contribution < -0.4 is 0 Å². The normalized spacial score (nSPS) is 11.9. The Labute approximate surface area is 117 Å². The molecule has 0 fully saturated rings. The van der Waals surface area contributed by atoms with Gasteiger partial charge in [0.1, 0.15) is 0 Å². The first-order valence-corrected chi connectivity index (χ1v) is 6.36. The van der Waals surface area contributed by atoms with E-state index in [0.29, 0.717) is 17.9 Å². The molecule has 2 rings (SSSR count). The van der Waals surface area contributed by atoms with Gasteiger partial charge in [-0.3, -0.25) is 0 Å². The van der Waals surface area contributed by atoms with E-state index in [4.69, 9.17) is 0 Å². The lowest BCUT2D eigenvalue weighted by molar-refractivity contribution is 0.0593. The lowest BCUT2D eigenvalue weighted by atomic mass is 10.1. The van der Waals surface area contributed by atoms with Crippen LogP contribution in [0.5, 0.6) is 0 Å². The molecule has 1 aromatic heterocycles. The van der Waals surface area contributed by atoms with Gasteiger partial charge < -0.3 is 9.84 Å². The average Bonchev–Trinajstić information content (AvgIpc) is 2.53. The largest absolute Gasteiger partial charge is 0.464 e. The number of hydrogen-bond donors (Lipinski definition) is 1. The van der Waals surface area contributed by atoms with E-state index < -0.39 is 12.1 Å². The van der Waals surface area contributed by atoms with Gasteiger partial charge in [-0.05, 0) is 12.5 Å². The van der Waals surface area contributed by atoms with Crippen LogP contribution in [-0.2, 0) is 4.74 Å². The van der Waals surface area contributed by atoms with Crippen molar-refractivity contribution in [2.24, 2.45) is 0 Å². The molecule has 0 bridgehead atoms. The van der Waals surface area contributed by atoms with Gasteiger partial charge in [-0.1, -0.05) is 37.3 Å². The zero-order valence-corrected chi connectivity index (χ0v) is 11.4. The van der Waals surface area contributed by atoms with Gasteiger partial charge in [-0.15, -0.1) is 0 Å². The van der Waals surface area contributed by atoms with Crippen LogP contribution >= 0.6 is 0 Å². The van der Waals surface area contributed by atoms with Crippen molar-refractivity contribution < 1.29 is 14.6 Å². The summed E-state index contributed by atoms with van der Waals surface area (Å²) in [5, 5.41) is 9.94. The Balaban J connectivity index is 2.54. The van der Waals surface area contributed by atoms with Gasteiger partial charge >= 0.3 is 5.97 Å². The van der Waals surface area contributed by atoms with Gasteiger partial charge in [0.2, 0.25) is 0 Å². The third kappa shape index (κ3) is 3.00. The predicted octanol–water partition coefficient (Wildman–Crippen LogP) is 2.37. The summed E-state index contributed by atoms with van der Waals surface area (Å²) in [4.78, 5) is 20.2. The molecular formula is C15H16N2O3. The number of carbonyl (C=O) groups is 1. The number of carbonyl (C=O) groups excluding carboxylic acids is 1. The summed E-state index contributed by atoms with van der Waals surface area (Å²) >= 11 is 0. The molecule has 20 heavy (non-hydrogen) atoms. The number of aromatic nitrogens is 2. The number of ether oxygens (including phenoxy) is 1. The molecule has 0 aliphatic carbocycles. The number of rotatable bonds is 4. The van der Waals surface area contributed by atoms with Crippen LogP contribution in [-0.4, -0.2) is 28.2 Å². The summed E-state index contributed by atoms with van der Waals surface area (Å²) in [6, 6.07) is 10.8. The molecule has 0 radical (unpaired) electrons. The second kappa shape index (κ2) is 6.25. The monoisotopic (exact) mass is 272 g/mol. The third-order valence-corrected chi connectivity index (χ3v) is 2.90. The fourth-order valence-corrected chi connectivity index (χ4v) is 1.77. The molecule has 0 saturated heterocycles. The van der Waals surface area contributed by atoms with Crippen LogP contribution in [0.25, 0.3) is 11.4 Å². The number of esters is 1. The fraction of sp³-hybridized carbons (Fsp3) is 0.267. The molecule has 5 heteroatoms. The highest BCUT2D eigenvalue weighted by Crippen LogP contribution is 2.20. The minimum Gasteiger partial charge on any atom is -0.464 e. The summed E-state index contributed by atoms with van der Waals surface area (Å²) in [5.41, 5.74) is 1.34. The van der Waals surface area contributed by atoms with E-state index in [-0.39, 0.29) is 5.69 Å². The molecule has 0 aliphatic rings.